The summed E-state index contributed by atoms with van der Waals surface area (Å²) in [5.41, 5.74) is 5.91. The van der Waals surface area contributed by atoms with Crippen LogP contribution in [0.3, 0.4) is 0 Å². The third-order valence-corrected chi connectivity index (χ3v) is 4.69. The van der Waals surface area contributed by atoms with Crippen LogP contribution in [0.2, 0.25) is 0 Å². The van der Waals surface area contributed by atoms with Crippen molar-refractivity contribution in [3.8, 4) is 0 Å². The quantitative estimate of drug-likeness (QED) is 0.774. The van der Waals surface area contributed by atoms with Gasteiger partial charge in [-0.2, -0.15) is 0 Å². The lowest BCUT2D eigenvalue weighted by Crippen LogP contribution is -2.51. The molecule has 2 saturated carbocycles. The summed E-state index contributed by atoms with van der Waals surface area (Å²) in [7, 11) is 2.33. The minimum Gasteiger partial charge on any atom is -0.330 e. The van der Waals surface area contributed by atoms with Gasteiger partial charge >= 0.3 is 0 Å². The molecule has 3 unspecified atom stereocenters. The number of rotatable bonds is 3. The van der Waals surface area contributed by atoms with Crippen molar-refractivity contribution < 1.29 is 0 Å². The summed E-state index contributed by atoms with van der Waals surface area (Å²) in [5, 5.41) is 0. The Morgan fingerprint density at radius 2 is 1.93 bits per heavy atom. The highest BCUT2D eigenvalue weighted by atomic mass is 15.2. The van der Waals surface area contributed by atoms with Gasteiger partial charge in [-0.05, 0) is 51.1 Å². The van der Waals surface area contributed by atoms with Crippen LogP contribution >= 0.6 is 0 Å². The van der Waals surface area contributed by atoms with Crippen molar-refractivity contribution in [2.45, 2.75) is 57.5 Å². The van der Waals surface area contributed by atoms with Crippen molar-refractivity contribution in [2.75, 3.05) is 13.6 Å². The normalized spacial score (nSPS) is 38.0. The SMILES string of the molecule is CC1CCC(CN)C(N(C)C2CCC2)C1. The number of nitrogens with zero attached hydrogens (tertiary/aromatic N) is 1. The fourth-order valence-electron chi connectivity index (χ4n) is 3.25. The Morgan fingerprint density at radius 1 is 1.20 bits per heavy atom. The zero-order chi connectivity index (χ0) is 10.8. The van der Waals surface area contributed by atoms with Crippen LogP contribution in [0.15, 0.2) is 0 Å². The molecule has 2 N–H and O–H groups in total. The maximum Gasteiger partial charge on any atom is 0.0138 e. The monoisotopic (exact) mass is 210 g/mol. The van der Waals surface area contributed by atoms with Gasteiger partial charge in [-0.1, -0.05) is 19.8 Å². The first-order valence-electron chi connectivity index (χ1n) is 6.64. The van der Waals surface area contributed by atoms with Crippen LogP contribution in [0.1, 0.15) is 45.4 Å². The molecule has 0 aromatic carbocycles. The predicted molar refractivity (Wildman–Crippen MR) is 64.7 cm³/mol. The molecular weight excluding hydrogens is 184 g/mol. The van der Waals surface area contributed by atoms with Crippen molar-refractivity contribution in [3.05, 3.63) is 0 Å². The zero-order valence-corrected chi connectivity index (χ0v) is 10.3. The zero-order valence-electron chi connectivity index (χ0n) is 10.3. The van der Waals surface area contributed by atoms with Gasteiger partial charge in [0.2, 0.25) is 0 Å². The lowest BCUT2D eigenvalue weighted by molar-refractivity contribution is 0.0419. The Morgan fingerprint density at radius 3 is 2.47 bits per heavy atom. The molecule has 2 fully saturated rings. The lowest BCUT2D eigenvalue weighted by atomic mass is 9.77. The molecule has 2 aliphatic rings. The maximum absolute atomic E-state index is 5.91. The second kappa shape index (κ2) is 4.84. The molecule has 0 amide bonds. The van der Waals surface area contributed by atoms with E-state index in [1.807, 2.05) is 0 Å². The van der Waals surface area contributed by atoms with Crippen molar-refractivity contribution >= 4 is 0 Å². The molecule has 0 aromatic heterocycles. The molecule has 2 aliphatic carbocycles. The summed E-state index contributed by atoms with van der Waals surface area (Å²) in [6.07, 6.45) is 8.37. The van der Waals surface area contributed by atoms with Gasteiger partial charge in [-0.25, -0.2) is 0 Å². The van der Waals surface area contributed by atoms with E-state index in [0.29, 0.717) is 0 Å². The van der Waals surface area contributed by atoms with Crippen molar-refractivity contribution in [3.63, 3.8) is 0 Å². The minimum atomic E-state index is 0.756. The molecule has 0 spiro atoms. The topological polar surface area (TPSA) is 29.3 Å². The summed E-state index contributed by atoms with van der Waals surface area (Å²) in [4.78, 5) is 2.65. The van der Waals surface area contributed by atoms with Crippen molar-refractivity contribution in [1.82, 2.24) is 4.90 Å². The summed E-state index contributed by atoms with van der Waals surface area (Å²) >= 11 is 0. The van der Waals surface area contributed by atoms with Crippen LogP contribution < -0.4 is 5.73 Å². The fraction of sp³-hybridized carbons (Fsp3) is 1.00. The van der Waals surface area contributed by atoms with E-state index < -0.39 is 0 Å². The Labute approximate surface area is 94.2 Å². The van der Waals surface area contributed by atoms with Crippen LogP contribution in [0, 0.1) is 11.8 Å². The van der Waals surface area contributed by atoms with Gasteiger partial charge in [0, 0.05) is 12.1 Å². The lowest BCUT2D eigenvalue weighted by Gasteiger charge is -2.46. The molecule has 2 nitrogen and oxygen atoms in total. The van der Waals surface area contributed by atoms with Gasteiger partial charge in [0.15, 0.2) is 0 Å². The molecule has 0 bridgehead atoms. The molecule has 0 heterocycles. The van der Waals surface area contributed by atoms with Gasteiger partial charge in [0.1, 0.15) is 0 Å². The van der Waals surface area contributed by atoms with Crippen molar-refractivity contribution in [1.29, 1.82) is 0 Å². The Kier molecular flexibility index (Phi) is 3.68. The molecule has 88 valence electrons. The summed E-state index contributed by atoms with van der Waals surface area (Å²) in [5.74, 6) is 1.66. The van der Waals surface area contributed by atoms with E-state index in [1.54, 1.807) is 0 Å². The largest absolute Gasteiger partial charge is 0.330 e. The molecule has 3 atom stereocenters. The van der Waals surface area contributed by atoms with Crippen LogP contribution in [-0.2, 0) is 0 Å². The van der Waals surface area contributed by atoms with Crippen LogP contribution in [-0.4, -0.2) is 30.6 Å². The second-order valence-electron chi connectivity index (χ2n) is 5.73. The van der Waals surface area contributed by atoms with Gasteiger partial charge in [0.25, 0.3) is 0 Å². The first kappa shape index (κ1) is 11.4. The van der Waals surface area contributed by atoms with Crippen LogP contribution in [0.25, 0.3) is 0 Å². The van der Waals surface area contributed by atoms with Gasteiger partial charge in [-0.15, -0.1) is 0 Å². The first-order chi connectivity index (χ1) is 7.22. The van der Waals surface area contributed by atoms with E-state index in [2.05, 4.69) is 18.9 Å². The molecule has 0 radical (unpaired) electrons. The fourth-order valence-corrected chi connectivity index (χ4v) is 3.25. The summed E-state index contributed by atoms with van der Waals surface area (Å²) in [6.45, 7) is 3.28. The third kappa shape index (κ3) is 2.36. The average molecular weight is 210 g/mol. The van der Waals surface area contributed by atoms with Gasteiger partial charge in [-0.3, -0.25) is 0 Å². The smallest absolute Gasteiger partial charge is 0.0138 e. The first-order valence-corrected chi connectivity index (χ1v) is 6.64. The standard InChI is InChI=1S/C13H26N2/c1-10-6-7-11(9-14)13(8-10)15(2)12-4-3-5-12/h10-13H,3-9,14H2,1-2H3. The number of hydrogen-bond acceptors (Lipinski definition) is 2. The molecule has 0 saturated heterocycles. The van der Waals surface area contributed by atoms with E-state index in [-0.39, 0.29) is 0 Å². The molecule has 0 aromatic rings. The minimum absolute atomic E-state index is 0.756. The van der Waals surface area contributed by atoms with Crippen LogP contribution in [0.4, 0.5) is 0 Å². The van der Waals surface area contributed by atoms with E-state index in [4.69, 9.17) is 5.73 Å². The van der Waals surface area contributed by atoms with Crippen molar-refractivity contribution in [2.24, 2.45) is 17.6 Å². The number of nitrogens with two attached hydrogens (primary N) is 1. The molecule has 2 rings (SSSR count). The highest BCUT2D eigenvalue weighted by Crippen LogP contribution is 2.35. The molecular formula is C13H26N2. The van der Waals surface area contributed by atoms with Gasteiger partial charge in [0.05, 0.1) is 0 Å². The molecule has 2 heteroatoms. The van der Waals surface area contributed by atoms with E-state index in [9.17, 15) is 0 Å². The highest BCUT2D eigenvalue weighted by molar-refractivity contribution is 4.90. The Balaban J connectivity index is 1.95. The van der Waals surface area contributed by atoms with Crippen LogP contribution in [0.5, 0.6) is 0 Å². The molecule has 15 heavy (non-hydrogen) atoms. The maximum atomic E-state index is 5.91. The third-order valence-electron chi connectivity index (χ3n) is 4.69. The Bertz CT molecular complexity index is 201. The highest BCUT2D eigenvalue weighted by Gasteiger charge is 2.35. The average Bonchev–Trinajstić information content (AvgIpc) is 2.15. The summed E-state index contributed by atoms with van der Waals surface area (Å²) in [6, 6.07) is 1.64. The summed E-state index contributed by atoms with van der Waals surface area (Å²) < 4.78 is 0. The van der Waals surface area contributed by atoms with Gasteiger partial charge < -0.3 is 10.6 Å². The number of hydrogen-bond donors (Lipinski definition) is 1. The molecule has 0 aliphatic heterocycles. The Hall–Kier alpha value is -0.0800. The van der Waals surface area contributed by atoms with E-state index in [0.717, 1.165) is 30.5 Å². The van der Waals surface area contributed by atoms with E-state index in [1.165, 1.54) is 38.5 Å². The van der Waals surface area contributed by atoms with E-state index >= 15 is 0 Å². The second-order valence-corrected chi connectivity index (χ2v) is 5.73. The predicted octanol–water partition coefficient (Wildman–Crippen LogP) is 2.23.